The lowest BCUT2D eigenvalue weighted by Crippen LogP contribution is -2.33. The summed E-state index contributed by atoms with van der Waals surface area (Å²) >= 11 is 1.60. The number of nitrogens with one attached hydrogen (secondary N) is 1. The van der Waals surface area contributed by atoms with Crippen LogP contribution in [0, 0.1) is 0 Å². The monoisotopic (exact) mass is 386 g/mol. The number of rotatable bonds is 7. The summed E-state index contributed by atoms with van der Waals surface area (Å²) in [6.07, 6.45) is 1.57. The van der Waals surface area contributed by atoms with Crippen LogP contribution < -0.4 is 10.1 Å². The van der Waals surface area contributed by atoms with Crippen molar-refractivity contribution in [1.82, 2.24) is 14.9 Å². The summed E-state index contributed by atoms with van der Waals surface area (Å²) in [6, 6.07) is 11.0. The summed E-state index contributed by atoms with van der Waals surface area (Å²) < 4.78 is 11.4. The number of nitrogens with zero attached hydrogens (tertiary/aromatic N) is 3. The molecule has 3 aromatic rings. The predicted octanol–water partition coefficient (Wildman–Crippen LogP) is 3.94. The molecule has 142 valence electrons. The third kappa shape index (κ3) is 4.72. The minimum Gasteiger partial charge on any atom is -0.475 e. The van der Waals surface area contributed by atoms with Gasteiger partial charge in [0.05, 0.1) is 34.7 Å². The molecule has 1 N–H and O–H groups in total. The van der Waals surface area contributed by atoms with Gasteiger partial charge in [0.2, 0.25) is 5.88 Å². The molecular weight excluding hydrogens is 364 g/mol. The minimum absolute atomic E-state index is 0.146. The molecule has 0 saturated heterocycles. The summed E-state index contributed by atoms with van der Waals surface area (Å²) in [5, 5.41) is 3.74. The zero-order valence-electron chi connectivity index (χ0n) is 15.5. The van der Waals surface area contributed by atoms with Crippen molar-refractivity contribution in [3.8, 4) is 5.88 Å². The molecule has 1 aromatic carbocycles. The van der Waals surface area contributed by atoms with E-state index in [1.54, 1.807) is 48.7 Å². The average Bonchev–Trinajstić information content (AvgIpc) is 3.12. The second-order valence-corrected chi connectivity index (χ2v) is 7.03. The number of anilines is 1. The van der Waals surface area contributed by atoms with E-state index in [9.17, 15) is 4.79 Å². The number of thiazole rings is 1. The van der Waals surface area contributed by atoms with Crippen molar-refractivity contribution in [2.45, 2.75) is 13.0 Å². The number of hydrogen-bond donors (Lipinski definition) is 1. The third-order valence-corrected chi connectivity index (χ3v) is 5.30. The first-order valence-electron chi connectivity index (χ1n) is 8.55. The van der Waals surface area contributed by atoms with E-state index in [0.717, 1.165) is 15.2 Å². The van der Waals surface area contributed by atoms with Crippen molar-refractivity contribution in [1.29, 1.82) is 0 Å². The van der Waals surface area contributed by atoms with Crippen LogP contribution in [0.25, 0.3) is 10.2 Å². The smallest absolute Gasteiger partial charge is 0.322 e. The van der Waals surface area contributed by atoms with Crippen LogP contribution in [0.2, 0.25) is 0 Å². The van der Waals surface area contributed by atoms with E-state index >= 15 is 0 Å². The van der Waals surface area contributed by atoms with E-state index in [2.05, 4.69) is 15.3 Å². The highest BCUT2D eigenvalue weighted by Gasteiger charge is 2.20. The molecule has 1 atom stereocenters. The largest absolute Gasteiger partial charge is 0.475 e. The van der Waals surface area contributed by atoms with Crippen molar-refractivity contribution in [2.75, 3.05) is 32.7 Å². The number of methoxy groups -OCH3 is 1. The highest BCUT2D eigenvalue weighted by Crippen LogP contribution is 2.29. The van der Waals surface area contributed by atoms with Crippen LogP contribution in [0.4, 0.5) is 10.5 Å². The number of hydrogen-bond acceptors (Lipinski definition) is 6. The number of carbonyl (C=O) groups is 1. The van der Waals surface area contributed by atoms with Gasteiger partial charge in [0.1, 0.15) is 11.6 Å². The van der Waals surface area contributed by atoms with E-state index < -0.39 is 0 Å². The number of para-hydroxylation sites is 1. The van der Waals surface area contributed by atoms with Gasteiger partial charge in [0, 0.05) is 20.2 Å². The topological polar surface area (TPSA) is 76.6 Å². The number of urea groups is 1. The molecule has 0 aliphatic carbocycles. The van der Waals surface area contributed by atoms with E-state index in [-0.39, 0.29) is 12.1 Å². The van der Waals surface area contributed by atoms with E-state index in [0.29, 0.717) is 24.8 Å². The normalized spacial score (nSPS) is 12.0. The molecule has 0 aliphatic rings. The molecule has 2 aromatic heterocycles. The number of pyridine rings is 1. The SMILES string of the molecule is COCCOc1ccc(NC(=O)N(C)[C@@H](C)c2nc3ccccc3s2)cn1. The van der Waals surface area contributed by atoms with Crippen LogP contribution >= 0.6 is 11.3 Å². The Morgan fingerprint density at radius 3 is 2.78 bits per heavy atom. The first kappa shape index (κ1) is 19.1. The molecule has 2 amide bonds. The van der Waals surface area contributed by atoms with Gasteiger partial charge in [-0.1, -0.05) is 12.1 Å². The van der Waals surface area contributed by atoms with Gasteiger partial charge in [-0.25, -0.2) is 14.8 Å². The highest BCUT2D eigenvalue weighted by atomic mass is 32.1. The summed E-state index contributed by atoms with van der Waals surface area (Å²) in [6.45, 7) is 2.88. The molecule has 0 unspecified atom stereocenters. The molecule has 8 heteroatoms. The first-order chi connectivity index (χ1) is 13.1. The predicted molar refractivity (Wildman–Crippen MR) is 106 cm³/mol. The molecule has 0 radical (unpaired) electrons. The third-order valence-electron chi connectivity index (χ3n) is 4.09. The maximum atomic E-state index is 12.6. The van der Waals surface area contributed by atoms with Crippen LogP contribution in [-0.4, -0.2) is 48.3 Å². The van der Waals surface area contributed by atoms with Crippen molar-refractivity contribution < 1.29 is 14.3 Å². The molecule has 0 fully saturated rings. The fourth-order valence-electron chi connectivity index (χ4n) is 2.39. The Morgan fingerprint density at radius 2 is 2.07 bits per heavy atom. The minimum atomic E-state index is -0.225. The first-order valence-corrected chi connectivity index (χ1v) is 9.37. The summed E-state index contributed by atoms with van der Waals surface area (Å²) in [7, 11) is 3.36. The van der Waals surface area contributed by atoms with Crippen LogP contribution in [0.3, 0.4) is 0 Å². The Morgan fingerprint density at radius 1 is 1.26 bits per heavy atom. The standard InChI is InChI=1S/C19H22N4O3S/c1-13(18-22-15-6-4-5-7-16(15)27-18)23(2)19(24)21-14-8-9-17(20-12-14)26-11-10-25-3/h4-9,12-13H,10-11H2,1-3H3,(H,21,24)/t13-/m0/s1. The molecule has 2 heterocycles. The lowest BCUT2D eigenvalue weighted by Gasteiger charge is -2.23. The summed E-state index contributed by atoms with van der Waals surface area (Å²) in [5.74, 6) is 0.487. The molecule has 0 saturated carbocycles. The number of amides is 2. The van der Waals surface area contributed by atoms with Crippen molar-refractivity contribution >= 4 is 33.3 Å². The number of fused-ring (bicyclic) bond motifs is 1. The summed E-state index contributed by atoms with van der Waals surface area (Å²) in [5.41, 5.74) is 1.55. The van der Waals surface area contributed by atoms with Gasteiger partial charge in [-0.3, -0.25) is 0 Å². The average molecular weight is 386 g/mol. The van der Waals surface area contributed by atoms with Crippen molar-refractivity contribution in [3.63, 3.8) is 0 Å². The van der Waals surface area contributed by atoms with E-state index in [1.165, 1.54) is 0 Å². The number of aromatic nitrogens is 2. The molecule has 0 spiro atoms. The molecule has 7 nitrogen and oxygen atoms in total. The maximum absolute atomic E-state index is 12.6. The van der Waals surface area contributed by atoms with Gasteiger partial charge in [0.15, 0.2) is 0 Å². The number of carbonyl (C=O) groups excluding carboxylic acids is 1. The fraction of sp³-hybridized carbons (Fsp3) is 0.316. The fourth-order valence-corrected chi connectivity index (χ4v) is 3.45. The van der Waals surface area contributed by atoms with Crippen LogP contribution in [0.5, 0.6) is 5.88 Å². The van der Waals surface area contributed by atoms with Gasteiger partial charge in [-0.15, -0.1) is 11.3 Å². The Balaban J connectivity index is 1.61. The zero-order valence-corrected chi connectivity index (χ0v) is 16.3. The second kappa shape index (κ2) is 8.79. The molecule has 0 bridgehead atoms. The van der Waals surface area contributed by atoms with E-state index in [1.807, 2.05) is 31.2 Å². The molecule has 0 aliphatic heterocycles. The van der Waals surface area contributed by atoms with Gasteiger partial charge < -0.3 is 19.7 Å². The van der Waals surface area contributed by atoms with Gasteiger partial charge >= 0.3 is 6.03 Å². The van der Waals surface area contributed by atoms with Gasteiger partial charge in [0.25, 0.3) is 0 Å². The maximum Gasteiger partial charge on any atom is 0.322 e. The van der Waals surface area contributed by atoms with Gasteiger partial charge in [-0.2, -0.15) is 0 Å². The number of benzene rings is 1. The highest BCUT2D eigenvalue weighted by molar-refractivity contribution is 7.18. The lowest BCUT2D eigenvalue weighted by molar-refractivity contribution is 0.144. The second-order valence-electron chi connectivity index (χ2n) is 5.96. The summed E-state index contributed by atoms with van der Waals surface area (Å²) in [4.78, 5) is 23.0. The quantitative estimate of drug-likeness (QED) is 0.623. The van der Waals surface area contributed by atoms with Gasteiger partial charge in [-0.05, 0) is 25.1 Å². The lowest BCUT2D eigenvalue weighted by atomic mass is 10.3. The van der Waals surface area contributed by atoms with Crippen molar-refractivity contribution in [3.05, 3.63) is 47.6 Å². The van der Waals surface area contributed by atoms with Crippen LogP contribution in [0.15, 0.2) is 42.6 Å². The molecular formula is C19H22N4O3S. The van der Waals surface area contributed by atoms with E-state index in [4.69, 9.17) is 9.47 Å². The Hall–Kier alpha value is -2.71. The molecule has 27 heavy (non-hydrogen) atoms. The zero-order chi connectivity index (χ0) is 19.2. The Bertz CT molecular complexity index is 864. The Kier molecular flexibility index (Phi) is 6.20. The van der Waals surface area contributed by atoms with Crippen molar-refractivity contribution in [2.24, 2.45) is 0 Å². The van der Waals surface area contributed by atoms with Crippen LogP contribution in [0.1, 0.15) is 18.0 Å². The molecule has 3 rings (SSSR count). The Labute approximate surface area is 162 Å². The van der Waals surface area contributed by atoms with Crippen LogP contribution in [-0.2, 0) is 4.74 Å². The number of ether oxygens (including phenoxy) is 2.